The first kappa shape index (κ1) is 12.0. The lowest BCUT2D eigenvalue weighted by Crippen LogP contribution is -2.05. The van der Waals surface area contributed by atoms with Crippen LogP contribution in [0.5, 0.6) is 0 Å². The van der Waals surface area contributed by atoms with Crippen LogP contribution >= 0.6 is 0 Å². The van der Waals surface area contributed by atoms with Crippen molar-refractivity contribution in [1.29, 1.82) is 5.26 Å². The number of nitrogens with zero attached hydrogens (tertiary/aromatic N) is 4. The molecule has 5 nitrogen and oxygen atoms in total. The van der Waals surface area contributed by atoms with E-state index in [9.17, 15) is 4.79 Å². The van der Waals surface area contributed by atoms with E-state index >= 15 is 0 Å². The SMILES string of the molecule is Cc1nn(Cc2ccnc(C#N)c2)c(C)c1C=O. The molecule has 0 fully saturated rings. The number of aryl methyl sites for hydroxylation is 1. The van der Waals surface area contributed by atoms with Crippen LogP contribution in [-0.2, 0) is 6.54 Å². The predicted molar refractivity (Wildman–Crippen MR) is 65.1 cm³/mol. The topological polar surface area (TPSA) is 71.6 Å². The summed E-state index contributed by atoms with van der Waals surface area (Å²) >= 11 is 0. The van der Waals surface area contributed by atoms with Crippen molar-refractivity contribution in [3.8, 4) is 6.07 Å². The van der Waals surface area contributed by atoms with E-state index in [0.717, 1.165) is 23.2 Å². The van der Waals surface area contributed by atoms with Crippen LogP contribution in [0.1, 0.15) is 33.0 Å². The number of nitriles is 1. The molecular weight excluding hydrogens is 228 g/mol. The lowest BCUT2D eigenvalue weighted by Gasteiger charge is -2.04. The van der Waals surface area contributed by atoms with Crippen LogP contribution in [0.3, 0.4) is 0 Å². The molecule has 90 valence electrons. The van der Waals surface area contributed by atoms with Gasteiger partial charge in [-0.25, -0.2) is 4.98 Å². The number of hydrogen-bond acceptors (Lipinski definition) is 4. The molecule has 0 unspecified atom stereocenters. The number of hydrogen-bond donors (Lipinski definition) is 0. The van der Waals surface area contributed by atoms with Gasteiger partial charge in [-0.05, 0) is 31.5 Å². The molecule has 0 aromatic carbocycles. The maximum atomic E-state index is 10.9. The average molecular weight is 240 g/mol. The number of carbonyl (C=O) groups excluding carboxylic acids is 1. The first-order valence-electron chi connectivity index (χ1n) is 5.50. The monoisotopic (exact) mass is 240 g/mol. The molecule has 0 N–H and O–H groups in total. The number of aldehydes is 1. The minimum atomic E-state index is 0.379. The Balaban J connectivity index is 2.34. The highest BCUT2D eigenvalue weighted by atomic mass is 16.1. The standard InChI is InChI=1S/C13H12N4O/c1-9-13(8-18)10(2)17(16-9)7-11-3-4-15-12(5-11)6-14/h3-5,8H,7H2,1-2H3. The van der Waals surface area contributed by atoms with Crippen LogP contribution in [0.25, 0.3) is 0 Å². The van der Waals surface area contributed by atoms with Gasteiger partial charge in [-0.15, -0.1) is 0 Å². The highest BCUT2D eigenvalue weighted by Crippen LogP contribution is 2.12. The zero-order valence-electron chi connectivity index (χ0n) is 10.2. The molecule has 0 saturated carbocycles. The summed E-state index contributed by atoms with van der Waals surface area (Å²) in [5, 5.41) is 13.1. The Hall–Kier alpha value is -2.48. The molecule has 5 heteroatoms. The quantitative estimate of drug-likeness (QED) is 0.764. The number of pyridine rings is 1. The van der Waals surface area contributed by atoms with Crippen molar-refractivity contribution in [3.05, 3.63) is 46.5 Å². The third kappa shape index (κ3) is 2.13. The summed E-state index contributed by atoms with van der Waals surface area (Å²) in [5.41, 5.74) is 3.49. The zero-order chi connectivity index (χ0) is 13.1. The van der Waals surface area contributed by atoms with Crippen molar-refractivity contribution in [3.63, 3.8) is 0 Å². The van der Waals surface area contributed by atoms with Crippen molar-refractivity contribution in [1.82, 2.24) is 14.8 Å². The van der Waals surface area contributed by atoms with Crippen molar-refractivity contribution in [2.45, 2.75) is 20.4 Å². The zero-order valence-corrected chi connectivity index (χ0v) is 10.2. The molecule has 0 aliphatic heterocycles. The third-order valence-electron chi connectivity index (χ3n) is 2.83. The second kappa shape index (κ2) is 4.80. The van der Waals surface area contributed by atoms with Crippen LogP contribution in [0, 0.1) is 25.2 Å². The summed E-state index contributed by atoms with van der Waals surface area (Å²) < 4.78 is 1.76. The summed E-state index contributed by atoms with van der Waals surface area (Å²) in [4.78, 5) is 14.8. The molecule has 2 heterocycles. The fourth-order valence-electron chi connectivity index (χ4n) is 1.84. The Kier molecular flexibility index (Phi) is 3.20. The van der Waals surface area contributed by atoms with E-state index in [2.05, 4.69) is 10.1 Å². The molecule has 2 rings (SSSR count). The molecule has 0 aliphatic rings. The van der Waals surface area contributed by atoms with Crippen LogP contribution in [0.2, 0.25) is 0 Å². The summed E-state index contributed by atoms with van der Waals surface area (Å²) in [6.45, 7) is 4.19. The van der Waals surface area contributed by atoms with Gasteiger partial charge >= 0.3 is 0 Å². The third-order valence-corrected chi connectivity index (χ3v) is 2.83. The summed E-state index contributed by atoms with van der Waals surface area (Å²) in [5.74, 6) is 0. The van der Waals surface area contributed by atoms with Gasteiger partial charge in [0, 0.05) is 11.9 Å². The smallest absolute Gasteiger partial charge is 0.153 e. The van der Waals surface area contributed by atoms with Crippen molar-refractivity contribution in [2.24, 2.45) is 0 Å². The summed E-state index contributed by atoms with van der Waals surface area (Å²) in [6.07, 6.45) is 2.42. The van der Waals surface area contributed by atoms with E-state index in [1.807, 2.05) is 19.1 Å². The van der Waals surface area contributed by atoms with Crippen LogP contribution in [0.15, 0.2) is 18.3 Å². The summed E-state index contributed by atoms with van der Waals surface area (Å²) in [6, 6.07) is 5.55. The van der Waals surface area contributed by atoms with Crippen molar-refractivity contribution in [2.75, 3.05) is 0 Å². The molecule has 0 spiro atoms. The van der Waals surface area contributed by atoms with Gasteiger partial charge in [0.25, 0.3) is 0 Å². The van der Waals surface area contributed by atoms with Crippen molar-refractivity contribution >= 4 is 6.29 Å². The Morgan fingerprint density at radius 1 is 1.50 bits per heavy atom. The number of rotatable bonds is 3. The van der Waals surface area contributed by atoms with E-state index in [1.54, 1.807) is 23.9 Å². The van der Waals surface area contributed by atoms with Gasteiger partial charge in [0.05, 0.1) is 17.8 Å². The highest BCUT2D eigenvalue weighted by molar-refractivity contribution is 5.78. The van der Waals surface area contributed by atoms with Crippen LogP contribution in [0.4, 0.5) is 0 Å². The highest BCUT2D eigenvalue weighted by Gasteiger charge is 2.10. The average Bonchev–Trinajstić information content (AvgIpc) is 2.64. The molecular formula is C13H12N4O. The second-order valence-electron chi connectivity index (χ2n) is 4.02. The molecule has 18 heavy (non-hydrogen) atoms. The number of aromatic nitrogens is 3. The molecule has 0 aliphatic carbocycles. The van der Waals surface area contributed by atoms with Gasteiger partial charge in [-0.1, -0.05) is 0 Å². The Morgan fingerprint density at radius 3 is 2.89 bits per heavy atom. The fourth-order valence-corrected chi connectivity index (χ4v) is 1.84. The lowest BCUT2D eigenvalue weighted by atomic mass is 10.2. The predicted octanol–water partition coefficient (Wildman–Crippen LogP) is 1.63. The van der Waals surface area contributed by atoms with E-state index in [1.165, 1.54) is 0 Å². The summed E-state index contributed by atoms with van der Waals surface area (Å²) in [7, 11) is 0. The maximum absolute atomic E-state index is 10.9. The maximum Gasteiger partial charge on any atom is 0.153 e. The molecule has 2 aromatic heterocycles. The minimum absolute atomic E-state index is 0.379. The first-order chi connectivity index (χ1) is 8.65. The van der Waals surface area contributed by atoms with Gasteiger partial charge in [0.1, 0.15) is 11.8 Å². The van der Waals surface area contributed by atoms with Gasteiger partial charge in [-0.2, -0.15) is 10.4 Å². The first-order valence-corrected chi connectivity index (χ1v) is 5.50. The Bertz CT molecular complexity index is 637. The number of carbonyl (C=O) groups is 1. The fraction of sp³-hybridized carbons (Fsp3) is 0.231. The molecule has 2 aromatic rings. The van der Waals surface area contributed by atoms with Gasteiger partial charge in [0.2, 0.25) is 0 Å². The molecule has 0 radical (unpaired) electrons. The normalized spacial score (nSPS) is 10.1. The van der Waals surface area contributed by atoms with E-state index in [0.29, 0.717) is 17.8 Å². The Morgan fingerprint density at radius 2 is 2.28 bits per heavy atom. The van der Waals surface area contributed by atoms with Gasteiger partial charge in [0.15, 0.2) is 6.29 Å². The van der Waals surface area contributed by atoms with E-state index in [-0.39, 0.29) is 0 Å². The van der Waals surface area contributed by atoms with Gasteiger partial charge in [-0.3, -0.25) is 9.48 Å². The van der Waals surface area contributed by atoms with Crippen LogP contribution in [-0.4, -0.2) is 21.1 Å². The van der Waals surface area contributed by atoms with E-state index in [4.69, 9.17) is 5.26 Å². The Labute approximate surface area is 105 Å². The van der Waals surface area contributed by atoms with E-state index < -0.39 is 0 Å². The second-order valence-corrected chi connectivity index (χ2v) is 4.02. The molecule has 0 amide bonds. The van der Waals surface area contributed by atoms with Gasteiger partial charge < -0.3 is 0 Å². The molecule has 0 atom stereocenters. The minimum Gasteiger partial charge on any atom is -0.298 e. The molecule has 0 bridgehead atoms. The molecule has 0 saturated heterocycles. The van der Waals surface area contributed by atoms with Crippen LogP contribution < -0.4 is 0 Å². The largest absolute Gasteiger partial charge is 0.298 e. The lowest BCUT2D eigenvalue weighted by molar-refractivity contribution is 0.112. The van der Waals surface area contributed by atoms with Crippen molar-refractivity contribution < 1.29 is 4.79 Å².